The summed E-state index contributed by atoms with van der Waals surface area (Å²) in [5, 5.41) is 8.99. The van der Waals surface area contributed by atoms with E-state index in [1.807, 2.05) is 10.8 Å². The molecule has 1 atom stereocenters. The van der Waals surface area contributed by atoms with Gasteiger partial charge in [0, 0.05) is 18.9 Å². The maximum Gasteiger partial charge on any atom is 0.177 e. The molecule has 4 heteroatoms. The number of nitrogens with zero attached hydrogens (tertiary/aromatic N) is 2. The number of hydrogen-bond acceptors (Lipinski definition) is 2. The Morgan fingerprint density at radius 1 is 1.82 bits per heavy atom. The molecular formula is C7H11BrN2O. The summed E-state index contributed by atoms with van der Waals surface area (Å²) in [5.74, 6) is 0. The van der Waals surface area contributed by atoms with Crippen molar-refractivity contribution in [2.24, 2.45) is 0 Å². The predicted octanol–water partition coefficient (Wildman–Crippen LogP) is 1.42. The molecule has 0 aliphatic heterocycles. The highest BCUT2D eigenvalue weighted by Crippen LogP contribution is 2.07. The van der Waals surface area contributed by atoms with Gasteiger partial charge in [-0.05, 0) is 29.3 Å². The zero-order valence-corrected chi connectivity index (χ0v) is 7.95. The fourth-order valence-electron chi connectivity index (χ4n) is 0.804. The lowest BCUT2D eigenvalue weighted by Crippen LogP contribution is -2.06. The van der Waals surface area contributed by atoms with Crippen molar-refractivity contribution < 1.29 is 5.11 Å². The fraction of sp³-hybridized carbons (Fsp3) is 0.571. The maximum absolute atomic E-state index is 8.99. The molecular weight excluding hydrogens is 208 g/mol. The second-order valence-electron chi connectivity index (χ2n) is 2.53. The van der Waals surface area contributed by atoms with Gasteiger partial charge in [0.05, 0.1) is 6.10 Å². The van der Waals surface area contributed by atoms with Crippen LogP contribution in [0.4, 0.5) is 0 Å². The standard InChI is InChI=1S/C7H11BrN2O/c1-6(11)2-4-10-5-3-9-7(10)8/h3,5-6,11H,2,4H2,1H3. The molecule has 62 valence electrons. The minimum Gasteiger partial charge on any atom is -0.393 e. The van der Waals surface area contributed by atoms with Crippen molar-refractivity contribution in [1.29, 1.82) is 0 Å². The molecule has 0 spiro atoms. The van der Waals surface area contributed by atoms with Crippen LogP contribution in [0.3, 0.4) is 0 Å². The van der Waals surface area contributed by atoms with Crippen molar-refractivity contribution in [2.45, 2.75) is 26.0 Å². The third kappa shape index (κ3) is 2.63. The predicted molar refractivity (Wildman–Crippen MR) is 46.2 cm³/mol. The molecule has 1 aromatic heterocycles. The quantitative estimate of drug-likeness (QED) is 0.834. The maximum atomic E-state index is 8.99. The highest BCUT2D eigenvalue weighted by atomic mass is 79.9. The van der Waals surface area contributed by atoms with Gasteiger partial charge in [0.25, 0.3) is 0 Å². The van der Waals surface area contributed by atoms with E-state index >= 15 is 0 Å². The molecule has 0 saturated heterocycles. The number of aromatic nitrogens is 2. The normalized spacial score (nSPS) is 13.4. The Hall–Kier alpha value is -0.350. The number of hydrogen-bond donors (Lipinski definition) is 1. The summed E-state index contributed by atoms with van der Waals surface area (Å²) in [4.78, 5) is 3.99. The van der Waals surface area contributed by atoms with Crippen LogP contribution in [0.25, 0.3) is 0 Å². The topological polar surface area (TPSA) is 38.0 Å². The monoisotopic (exact) mass is 218 g/mol. The summed E-state index contributed by atoms with van der Waals surface area (Å²) in [6.45, 7) is 2.59. The summed E-state index contributed by atoms with van der Waals surface area (Å²) >= 11 is 3.29. The molecule has 1 unspecified atom stereocenters. The highest BCUT2D eigenvalue weighted by Gasteiger charge is 1.99. The molecule has 1 heterocycles. The van der Waals surface area contributed by atoms with Crippen LogP contribution in [0.2, 0.25) is 0 Å². The first-order valence-electron chi connectivity index (χ1n) is 3.55. The van der Waals surface area contributed by atoms with Crippen molar-refractivity contribution in [3.63, 3.8) is 0 Å². The van der Waals surface area contributed by atoms with Gasteiger partial charge in [-0.25, -0.2) is 4.98 Å². The van der Waals surface area contributed by atoms with Gasteiger partial charge in [0.1, 0.15) is 0 Å². The zero-order valence-electron chi connectivity index (χ0n) is 6.37. The summed E-state index contributed by atoms with van der Waals surface area (Å²) in [6, 6.07) is 0. The molecule has 3 nitrogen and oxygen atoms in total. The smallest absolute Gasteiger partial charge is 0.177 e. The molecule has 1 aromatic rings. The van der Waals surface area contributed by atoms with Crippen LogP contribution >= 0.6 is 15.9 Å². The van der Waals surface area contributed by atoms with E-state index in [0.29, 0.717) is 0 Å². The molecule has 0 fully saturated rings. The summed E-state index contributed by atoms with van der Waals surface area (Å²) in [6.07, 6.45) is 4.12. The van der Waals surface area contributed by atoms with Gasteiger partial charge in [-0.15, -0.1) is 0 Å². The summed E-state index contributed by atoms with van der Waals surface area (Å²) in [5.41, 5.74) is 0. The van der Waals surface area contributed by atoms with Gasteiger partial charge >= 0.3 is 0 Å². The van der Waals surface area contributed by atoms with Crippen molar-refractivity contribution in [3.05, 3.63) is 17.1 Å². The van der Waals surface area contributed by atoms with Gasteiger partial charge in [-0.2, -0.15) is 0 Å². The van der Waals surface area contributed by atoms with Crippen LogP contribution in [-0.2, 0) is 6.54 Å². The number of aryl methyl sites for hydroxylation is 1. The minimum absolute atomic E-state index is 0.246. The number of halogens is 1. The van der Waals surface area contributed by atoms with Crippen molar-refractivity contribution in [2.75, 3.05) is 0 Å². The Morgan fingerprint density at radius 2 is 2.55 bits per heavy atom. The molecule has 0 saturated carbocycles. The van der Waals surface area contributed by atoms with Crippen molar-refractivity contribution >= 4 is 15.9 Å². The summed E-state index contributed by atoms with van der Waals surface area (Å²) < 4.78 is 2.77. The first-order valence-corrected chi connectivity index (χ1v) is 4.34. The molecule has 1 N–H and O–H groups in total. The largest absolute Gasteiger partial charge is 0.393 e. The average molecular weight is 219 g/mol. The molecule has 0 bridgehead atoms. The van der Waals surface area contributed by atoms with Gasteiger partial charge in [-0.3, -0.25) is 0 Å². The van der Waals surface area contributed by atoms with Crippen LogP contribution < -0.4 is 0 Å². The Morgan fingerprint density at radius 3 is 3.00 bits per heavy atom. The van der Waals surface area contributed by atoms with Gasteiger partial charge < -0.3 is 9.67 Å². The molecule has 0 radical (unpaired) electrons. The Kier molecular flexibility index (Phi) is 3.08. The third-order valence-corrected chi connectivity index (χ3v) is 2.11. The molecule has 11 heavy (non-hydrogen) atoms. The van der Waals surface area contributed by atoms with E-state index < -0.39 is 0 Å². The lowest BCUT2D eigenvalue weighted by atomic mass is 10.3. The highest BCUT2D eigenvalue weighted by molar-refractivity contribution is 9.10. The SMILES string of the molecule is CC(O)CCn1ccnc1Br. The van der Waals surface area contributed by atoms with E-state index in [1.54, 1.807) is 13.1 Å². The van der Waals surface area contributed by atoms with Gasteiger partial charge in [0.15, 0.2) is 4.73 Å². The number of imidazole rings is 1. The number of rotatable bonds is 3. The van der Waals surface area contributed by atoms with Crippen LogP contribution in [0, 0.1) is 0 Å². The second kappa shape index (κ2) is 3.88. The van der Waals surface area contributed by atoms with Gasteiger partial charge in [0.2, 0.25) is 0 Å². The molecule has 0 aliphatic carbocycles. The van der Waals surface area contributed by atoms with Crippen molar-refractivity contribution in [1.82, 2.24) is 9.55 Å². The van der Waals surface area contributed by atoms with Crippen LogP contribution in [0.15, 0.2) is 17.1 Å². The first kappa shape index (κ1) is 8.74. The van der Waals surface area contributed by atoms with E-state index in [0.717, 1.165) is 17.7 Å². The molecule has 0 aromatic carbocycles. The van der Waals surface area contributed by atoms with E-state index in [-0.39, 0.29) is 6.10 Å². The molecule has 0 aliphatic rings. The zero-order chi connectivity index (χ0) is 8.27. The summed E-state index contributed by atoms with van der Waals surface area (Å²) in [7, 11) is 0. The Labute approximate surface area is 74.2 Å². The lowest BCUT2D eigenvalue weighted by molar-refractivity contribution is 0.177. The van der Waals surface area contributed by atoms with Gasteiger partial charge in [-0.1, -0.05) is 0 Å². The van der Waals surface area contributed by atoms with E-state index in [1.165, 1.54) is 0 Å². The Bertz CT molecular complexity index is 222. The second-order valence-corrected chi connectivity index (χ2v) is 3.24. The molecule has 1 rings (SSSR count). The average Bonchev–Trinajstić information content (AvgIpc) is 2.31. The van der Waals surface area contributed by atoms with Crippen LogP contribution in [0.5, 0.6) is 0 Å². The van der Waals surface area contributed by atoms with E-state index in [9.17, 15) is 0 Å². The Balaban J connectivity index is 2.44. The van der Waals surface area contributed by atoms with Crippen LogP contribution in [-0.4, -0.2) is 20.8 Å². The minimum atomic E-state index is -0.246. The number of aliphatic hydroxyl groups excluding tert-OH is 1. The van der Waals surface area contributed by atoms with E-state index in [2.05, 4.69) is 20.9 Å². The fourth-order valence-corrected chi connectivity index (χ4v) is 1.22. The first-order chi connectivity index (χ1) is 5.20. The van der Waals surface area contributed by atoms with E-state index in [4.69, 9.17) is 5.11 Å². The van der Waals surface area contributed by atoms with Crippen molar-refractivity contribution in [3.8, 4) is 0 Å². The van der Waals surface area contributed by atoms with Crippen LogP contribution in [0.1, 0.15) is 13.3 Å². The lowest BCUT2D eigenvalue weighted by Gasteiger charge is -2.05. The third-order valence-electron chi connectivity index (χ3n) is 1.45. The molecule has 0 amide bonds. The number of aliphatic hydroxyl groups is 1.